The lowest BCUT2D eigenvalue weighted by Gasteiger charge is -2.31. The summed E-state index contributed by atoms with van der Waals surface area (Å²) in [5.41, 5.74) is 2.21. The number of carbonyl (C=O) groups is 1. The lowest BCUT2D eigenvalue weighted by molar-refractivity contribution is 0.102. The Morgan fingerprint density at radius 3 is 2.23 bits per heavy atom. The first-order chi connectivity index (χ1) is 12.3. The van der Waals surface area contributed by atoms with Gasteiger partial charge < -0.3 is 10.2 Å². The van der Waals surface area contributed by atoms with Crippen LogP contribution in [0.15, 0.2) is 34.5 Å². The van der Waals surface area contributed by atoms with E-state index in [9.17, 15) is 13.2 Å². The van der Waals surface area contributed by atoms with E-state index in [1.807, 2.05) is 26.3 Å². The molecule has 1 amide bonds. The molecular formula is C18H23N3O3S2. The van der Waals surface area contributed by atoms with E-state index in [-0.39, 0.29) is 10.8 Å². The molecule has 1 aliphatic rings. The molecule has 1 N–H and O–H groups in total. The van der Waals surface area contributed by atoms with Gasteiger partial charge in [0.05, 0.1) is 10.5 Å². The quantitative estimate of drug-likeness (QED) is 0.867. The molecule has 0 unspecified atom stereocenters. The third-order valence-corrected chi connectivity index (χ3v) is 7.67. The molecule has 0 spiro atoms. The number of hydrogen-bond acceptors (Lipinski definition) is 5. The number of aryl methyl sites for hydroxylation is 1. The highest BCUT2D eigenvalue weighted by atomic mass is 32.2. The van der Waals surface area contributed by atoms with Gasteiger partial charge in [-0.1, -0.05) is 0 Å². The molecule has 2 heterocycles. The maximum atomic E-state index is 12.7. The van der Waals surface area contributed by atoms with Crippen LogP contribution in [0, 0.1) is 13.8 Å². The lowest BCUT2D eigenvalue weighted by atomic mass is 10.1. The molecule has 0 aliphatic carbocycles. The van der Waals surface area contributed by atoms with Crippen molar-refractivity contribution in [2.75, 3.05) is 38.5 Å². The van der Waals surface area contributed by atoms with Gasteiger partial charge in [0.2, 0.25) is 10.0 Å². The number of hydrogen-bond donors (Lipinski definition) is 1. The maximum Gasteiger partial charge on any atom is 0.256 e. The van der Waals surface area contributed by atoms with Gasteiger partial charge in [-0.15, -0.1) is 11.3 Å². The number of amides is 1. The van der Waals surface area contributed by atoms with Gasteiger partial charge in [-0.05, 0) is 50.7 Å². The predicted octanol–water partition coefficient (Wildman–Crippen LogP) is 2.55. The van der Waals surface area contributed by atoms with Crippen molar-refractivity contribution in [2.45, 2.75) is 18.7 Å². The molecule has 140 valence electrons. The highest BCUT2D eigenvalue weighted by Crippen LogP contribution is 2.23. The van der Waals surface area contributed by atoms with E-state index in [1.54, 1.807) is 35.6 Å². The number of carbonyl (C=O) groups excluding carboxylic acids is 1. The fourth-order valence-electron chi connectivity index (χ4n) is 2.82. The molecule has 26 heavy (non-hydrogen) atoms. The number of anilines is 1. The van der Waals surface area contributed by atoms with Gasteiger partial charge in [-0.3, -0.25) is 4.79 Å². The van der Waals surface area contributed by atoms with E-state index in [2.05, 4.69) is 10.2 Å². The Morgan fingerprint density at radius 1 is 1.08 bits per heavy atom. The van der Waals surface area contributed by atoms with Crippen molar-refractivity contribution in [1.29, 1.82) is 0 Å². The monoisotopic (exact) mass is 393 g/mol. The van der Waals surface area contributed by atoms with Crippen LogP contribution in [0.4, 0.5) is 5.69 Å². The Balaban J connectivity index is 1.72. The summed E-state index contributed by atoms with van der Waals surface area (Å²) in [6.45, 7) is 6.35. The smallest absolute Gasteiger partial charge is 0.256 e. The lowest BCUT2D eigenvalue weighted by Crippen LogP contribution is -2.46. The van der Waals surface area contributed by atoms with Crippen molar-refractivity contribution in [3.63, 3.8) is 0 Å². The van der Waals surface area contributed by atoms with Crippen LogP contribution in [-0.4, -0.2) is 56.8 Å². The SMILES string of the molecule is Cc1scc(C(=O)Nc2ccc(S(=O)(=O)N3CCN(C)CC3)cc2)c1C. The third-order valence-electron chi connectivity index (χ3n) is 4.74. The zero-order valence-electron chi connectivity index (χ0n) is 15.2. The molecule has 0 bridgehead atoms. The van der Waals surface area contributed by atoms with Crippen LogP contribution in [0.3, 0.4) is 0 Å². The molecule has 1 aromatic carbocycles. The van der Waals surface area contributed by atoms with Crippen molar-refractivity contribution in [3.05, 3.63) is 45.6 Å². The van der Waals surface area contributed by atoms with Crippen molar-refractivity contribution in [1.82, 2.24) is 9.21 Å². The van der Waals surface area contributed by atoms with Gasteiger partial charge in [0, 0.05) is 42.1 Å². The van der Waals surface area contributed by atoms with Gasteiger partial charge in [0.1, 0.15) is 0 Å². The maximum absolute atomic E-state index is 12.7. The van der Waals surface area contributed by atoms with Gasteiger partial charge in [0.25, 0.3) is 5.91 Å². The van der Waals surface area contributed by atoms with Crippen LogP contribution < -0.4 is 5.32 Å². The Bertz CT molecular complexity index is 896. The number of likely N-dealkylation sites (N-methyl/N-ethyl adjacent to an activating group) is 1. The highest BCUT2D eigenvalue weighted by molar-refractivity contribution is 7.89. The Labute approximate surface area is 158 Å². The molecular weight excluding hydrogens is 370 g/mol. The van der Waals surface area contributed by atoms with Gasteiger partial charge in [-0.25, -0.2) is 8.42 Å². The Morgan fingerprint density at radius 2 is 1.69 bits per heavy atom. The fraction of sp³-hybridized carbons (Fsp3) is 0.389. The zero-order valence-corrected chi connectivity index (χ0v) is 16.8. The van der Waals surface area contributed by atoms with Crippen molar-refractivity contribution < 1.29 is 13.2 Å². The number of benzene rings is 1. The molecule has 0 radical (unpaired) electrons. The Kier molecular flexibility index (Phi) is 5.47. The number of nitrogens with one attached hydrogen (secondary N) is 1. The zero-order chi connectivity index (χ0) is 18.9. The van der Waals surface area contributed by atoms with E-state index in [0.29, 0.717) is 24.3 Å². The number of nitrogens with zero attached hydrogens (tertiary/aromatic N) is 2. The Hall–Kier alpha value is -1.74. The molecule has 0 saturated carbocycles. The molecule has 1 aliphatic heterocycles. The second-order valence-electron chi connectivity index (χ2n) is 6.52. The third kappa shape index (κ3) is 3.83. The second-order valence-corrected chi connectivity index (χ2v) is 9.54. The summed E-state index contributed by atoms with van der Waals surface area (Å²) < 4.78 is 26.9. The minimum absolute atomic E-state index is 0.179. The van der Waals surface area contributed by atoms with E-state index >= 15 is 0 Å². The minimum atomic E-state index is -3.49. The number of rotatable bonds is 4. The summed E-state index contributed by atoms with van der Waals surface area (Å²) in [7, 11) is -1.51. The van der Waals surface area contributed by atoms with Crippen molar-refractivity contribution >= 4 is 33.0 Å². The van der Waals surface area contributed by atoms with Crippen LogP contribution >= 0.6 is 11.3 Å². The predicted molar refractivity (Wildman–Crippen MR) is 104 cm³/mol. The first-order valence-corrected chi connectivity index (χ1v) is 10.8. The average Bonchev–Trinajstić information content (AvgIpc) is 2.95. The van der Waals surface area contributed by atoms with Crippen LogP contribution in [0.5, 0.6) is 0 Å². The topological polar surface area (TPSA) is 69.7 Å². The van der Waals surface area contributed by atoms with Gasteiger partial charge in [0.15, 0.2) is 0 Å². The summed E-state index contributed by atoms with van der Waals surface area (Å²) in [5.74, 6) is -0.179. The standard InChI is InChI=1S/C18H23N3O3S2/c1-13-14(2)25-12-17(13)18(22)19-15-4-6-16(7-5-15)26(23,24)21-10-8-20(3)9-11-21/h4-7,12H,8-11H2,1-3H3,(H,19,22). The largest absolute Gasteiger partial charge is 0.322 e. The number of sulfonamides is 1. The van der Waals surface area contributed by atoms with Crippen molar-refractivity contribution in [2.24, 2.45) is 0 Å². The molecule has 1 saturated heterocycles. The van der Waals surface area contributed by atoms with E-state index in [1.165, 1.54) is 4.31 Å². The molecule has 8 heteroatoms. The normalized spacial score (nSPS) is 16.6. The van der Waals surface area contributed by atoms with E-state index < -0.39 is 10.0 Å². The van der Waals surface area contributed by atoms with E-state index in [0.717, 1.165) is 23.5 Å². The molecule has 2 aromatic rings. The summed E-state index contributed by atoms with van der Waals surface area (Å²) in [5, 5.41) is 4.67. The number of thiophene rings is 1. The van der Waals surface area contributed by atoms with E-state index in [4.69, 9.17) is 0 Å². The average molecular weight is 394 g/mol. The summed E-state index contributed by atoms with van der Waals surface area (Å²) in [6, 6.07) is 6.37. The van der Waals surface area contributed by atoms with Crippen LogP contribution in [0.2, 0.25) is 0 Å². The fourth-order valence-corrected chi connectivity index (χ4v) is 5.11. The summed E-state index contributed by atoms with van der Waals surface area (Å²) in [4.78, 5) is 15.8. The van der Waals surface area contributed by atoms with Gasteiger partial charge in [-0.2, -0.15) is 4.31 Å². The molecule has 1 aromatic heterocycles. The second kappa shape index (κ2) is 7.48. The van der Waals surface area contributed by atoms with Gasteiger partial charge >= 0.3 is 0 Å². The molecule has 1 fully saturated rings. The van der Waals surface area contributed by atoms with Crippen LogP contribution in [0.25, 0.3) is 0 Å². The molecule has 0 atom stereocenters. The summed E-state index contributed by atoms with van der Waals surface area (Å²) in [6.07, 6.45) is 0. The van der Waals surface area contributed by atoms with Crippen LogP contribution in [-0.2, 0) is 10.0 Å². The number of piperazine rings is 1. The first-order valence-electron chi connectivity index (χ1n) is 8.44. The van der Waals surface area contributed by atoms with Crippen molar-refractivity contribution in [3.8, 4) is 0 Å². The highest BCUT2D eigenvalue weighted by Gasteiger charge is 2.27. The summed E-state index contributed by atoms with van der Waals surface area (Å²) >= 11 is 1.54. The molecule has 3 rings (SSSR count). The first kappa shape index (κ1) is 19.0. The minimum Gasteiger partial charge on any atom is -0.322 e. The van der Waals surface area contributed by atoms with Crippen LogP contribution in [0.1, 0.15) is 20.8 Å². The molecule has 6 nitrogen and oxygen atoms in total.